The first-order valence-corrected chi connectivity index (χ1v) is 10.7. The Kier molecular flexibility index (Phi) is 5.04. The van der Waals surface area contributed by atoms with Crippen LogP contribution in [0.25, 0.3) is 0 Å². The van der Waals surface area contributed by atoms with E-state index in [0.717, 1.165) is 5.56 Å². The van der Waals surface area contributed by atoms with Crippen LogP contribution in [0, 0.1) is 0 Å². The highest BCUT2D eigenvalue weighted by molar-refractivity contribution is 6.31. The second-order valence-corrected chi connectivity index (χ2v) is 8.68. The van der Waals surface area contributed by atoms with Crippen LogP contribution in [0.2, 0.25) is 15.1 Å². The number of benzene rings is 2. The Morgan fingerprint density at radius 3 is 2.13 bits per heavy atom. The second kappa shape index (κ2) is 7.75. The summed E-state index contributed by atoms with van der Waals surface area (Å²) in [4.78, 5) is 28.1. The van der Waals surface area contributed by atoms with Crippen molar-refractivity contribution in [3.63, 3.8) is 0 Å². The van der Waals surface area contributed by atoms with Crippen LogP contribution in [0.3, 0.4) is 0 Å². The van der Waals surface area contributed by atoms with Crippen molar-refractivity contribution < 1.29 is 9.59 Å². The van der Waals surface area contributed by atoms with E-state index in [4.69, 9.17) is 34.8 Å². The van der Waals surface area contributed by atoms with E-state index in [1.165, 1.54) is 21.1 Å². The molecule has 2 aromatic carbocycles. The molecule has 2 fully saturated rings. The molecule has 3 aromatic rings. The minimum atomic E-state index is -0.433. The van der Waals surface area contributed by atoms with Gasteiger partial charge in [-0.25, -0.2) is 14.8 Å². The molecule has 0 aliphatic carbocycles. The van der Waals surface area contributed by atoms with Gasteiger partial charge >= 0.3 is 6.03 Å². The Morgan fingerprint density at radius 1 is 0.871 bits per heavy atom. The third kappa shape index (κ3) is 3.52. The van der Waals surface area contributed by atoms with Crippen molar-refractivity contribution >= 4 is 52.4 Å². The summed E-state index contributed by atoms with van der Waals surface area (Å²) >= 11 is 18.1. The number of rotatable bonds is 3. The summed E-state index contributed by atoms with van der Waals surface area (Å²) in [7, 11) is 0. The number of hydrogen-bond donors (Lipinski definition) is 0. The fourth-order valence-electron chi connectivity index (χ4n) is 4.12. The SMILES string of the molecule is O=C1N(c2ccc(Cl)cc2)CC(=O)N2C(c3ccc(Cl)cc3)C(n3cc(Cl)cn3)CN12. The van der Waals surface area contributed by atoms with Crippen LogP contribution in [0.4, 0.5) is 10.5 Å². The zero-order valence-electron chi connectivity index (χ0n) is 16.0. The first kappa shape index (κ1) is 20.2. The number of fused-ring (bicyclic) bond motifs is 1. The minimum Gasteiger partial charge on any atom is -0.283 e. The monoisotopic (exact) mass is 475 g/mol. The van der Waals surface area contributed by atoms with Gasteiger partial charge in [0.1, 0.15) is 12.6 Å². The number of urea groups is 1. The van der Waals surface area contributed by atoms with Crippen molar-refractivity contribution in [2.45, 2.75) is 12.1 Å². The van der Waals surface area contributed by atoms with Crippen LogP contribution < -0.4 is 4.90 Å². The molecule has 0 radical (unpaired) electrons. The number of nitrogens with zero attached hydrogens (tertiary/aromatic N) is 5. The third-order valence-corrected chi connectivity index (χ3v) is 6.21. The summed E-state index contributed by atoms with van der Waals surface area (Å²) in [6, 6.07) is 13.0. The van der Waals surface area contributed by atoms with Crippen molar-refractivity contribution in [1.82, 2.24) is 19.8 Å². The molecule has 0 spiro atoms. The summed E-state index contributed by atoms with van der Waals surface area (Å²) in [6.45, 7) is 0.188. The lowest BCUT2D eigenvalue weighted by Gasteiger charge is -2.40. The maximum atomic E-state index is 13.4. The van der Waals surface area contributed by atoms with Gasteiger partial charge in [0.15, 0.2) is 0 Å². The van der Waals surface area contributed by atoms with Gasteiger partial charge in [-0.2, -0.15) is 5.10 Å². The highest BCUT2D eigenvalue weighted by atomic mass is 35.5. The number of carbonyl (C=O) groups excluding carboxylic acids is 2. The fourth-order valence-corrected chi connectivity index (χ4v) is 4.52. The predicted octanol–water partition coefficient (Wildman–Crippen LogP) is 4.83. The highest BCUT2D eigenvalue weighted by Gasteiger charge is 2.51. The maximum Gasteiger partial charge on any atom is 0.343 e. The molecule has 0 saturated carbocycles. The van der Waals surface area contributed by atoms with Gasteiger partial charge in [-0.05, 0) is 42.0 Å². The number of aromatic nitrogens is 2. The van der Waals surface area contributed by atoms with Gasteiger partial charge in [-0.15, -0.1) is 0 Å². The molecule has 1 aromatic heterocycles. The molecular weight excluding hydrogens is 461 g/mol. The molecule has 2 saturated heterocycles. The van der Waals surface area contributed by atoms with Gasteiger partial charge in [-0.1, -0.05) is 46.9 Å². The lowest BCUT2D eigenvalue weighted by atomic mass is 10.0. The normalized spacial score (nSPS) is 21.1. The molecule has 31 heavy (non-hydrogen) atoms. The second-order valence-electron chi connectivity index (χ2n) is 7.37. The third-order valence-electron chi connectivity index (χ3n) is 5.51. The largest absolute Gasteiger partial charge is 0.343 e. The minimum absolute atomic E-state index is 0.0758. The predicted molar refractivity (Wildman–Crippen MR) is 118 cm³/mol. The molecule has 0 N–H and O–H groups in total. The number of hydrogen-bond acceptors (Lipinski definition) is 3. The number of anilines is 1. The molecular formula is C21H16Cl3N5O2. The topological polar surface area (TPSA) is 61.7 Å². The van der Waals surface area contributed by atoms with Gasteiger partial charge in [0.2, 0.25) is 0 Å². The Morgan fingerprint density at radius 2 is 1.52 bits per heavy atom. The molecule has 3 heterocycles. The molecule has 3 amide bonds. The zero-order chi connectivity index (χ0) is 21.7. The molecule has 5 rings (SSSR count). The quantitative estimate of drug-likeness (QED) is 0.544. The smallest absolute Gasteiger partial charge is 0.283 e. The summed E-state index contributed by atoms with van der Waals surface area (Å²) < 4.78 is 1.70. The Balaban J connectivity index is 1.55. The summed E-state index contributed by atoms with van der Waals surface area (Å²) in [5, 5.41) is 8.97. The molecule has 158 valence electrons. The van der Waals surface area contributed by atoms with E-state index in [-0.39, 0.29) is 31.1 Å². The number of carbonyl (C=O) groups is 2. The van der Waals surface area contributed by atoms with E-state index in [1.807, 2.05) is 12.1 Å². The molecule has 0 bridgehead atoms. The summed E-state index contributed by atoms with van der Waals surface area (Å²) in [5.41, 5.74) is 1.46. The van der Waals surface area contributed by atoms with Crippen LogP contribution in [-0.2, 0) is 4.79 Å². The highest BCUT2D eigenvalue weighted by Crippen LogP contribution is 2.43. The zero-order valence-corrected chi connectivity index (χ0v) is 18.3. The van der Waals surface area contributed by atoms with E-state index in [0.29, 0.717) is 20.8 Å². The number of hydrazine groups is 1. The first-order chi connectivity index (χ1) is 14.9. The van der Waals surface area contributed by atoms with E-state index < -0.39 is 6.04 Å². The van der Waals surface area contributed by atoms with Gasteiger partial charge in [0.25, 0.3) is 5.91 Å². The van der Waals surface area contributed by atoms with Gasteiger partial charge in [0, 0.05) is 21.9 Å². The summed E-state index contributed by atoms with van der Waals surface area (Å²) in [6.07, 6.45) is 3.23. The van der Waals surface area contributed by atoms with Crippen molar-refractivity contribution in [3.05, 3.63) is 81.6 Å². The maximum absolute atomic E-state index is 13.4. The number of amides is 3. The van der Waals surface area contributed by atoms with E-state index in [9.17, 15) is 9.59 Å². The average molecular weight is 477 g/mol. The van der Waals surface area contributed by atoms with Crippen molar-refractivity contribution in [2.75, 3.05) is 18.0 Å². The number of halogens is 3. The Hall–Kier alpha value is -2.74. The fraction of sp³-hybridized carbons (Fsp3) is 0.190. The lowest BCUT2D eigenvalue weighted by molar-refractivity contribution is -0.144. The van der Waals surface area contributed by atoms with E-state index in [1.54, 1.807) is 47.3 Å². The molecule has 7 nitrogen and oxygen atoms in total. The van der Waals surface area contributed by atoms with Crippen LogP contribution in [0.1, 0.15) is 17.6 Å². The lowest BCUT2D eigenvalue weighted by Crippen LogP contribution is -2.60. The van der Waals surface area contributed by atoms with Crippen molar-refractivity contribution in [3.8, 4) is 0 Å². The van der Waals surface area contributed by atoms with E-state index in [2.05, 4.69) is 5.10 Å². The van der Waals surface area contributed by atoms with Crippen LogP contribution in [0.5, 0.6) is 0 Å². The molecule has 2 aliphatic heterocycles. The summed E-state index contributed by atoms with van der Waals surface area (Å²) in [5.74, 6) is -0.199. The van der Waals surface area contributed by atoms with Gasteiger partial charge in [0.05, 0.1) is 23.8 Å². The van der Waals surface area contributed by atoms with Crippen molar-refractivity contribution in [2.24, 2.45) is 0 Å². The molecule has 2 atom stereocenters. The molecule has 2 unspecified atom stereocenters. The van der Waals surface area contributed by atoms with Crippen LogP contribution >= 0.6 is 34.8 Å². The van der Waals surface area contributed by atoms with Crippen LogP contribution in [-0.4, -0.2) is 44.8 Å². The van der Waals surface area contributed by atoms with Crippen LogP contribution in [0.15, 0.2) is 60.9 Å². The van der Waals surface area contributed by atoms with E-state index >= 15 is 0 Å². The first-order valence-electron chi connectivity index (χ1n) is 9.54. The average Bonchev–Trinajstić information content (AvgIpc) is 3.36. The van der Waals surface area contributed by atoms with Gasteiger partial charge < -0.3 is 0 Å². The molecule has 2 aliphatic rings. The Labute approximate surface area is 193 Å². The van der Waals surface area contributed by atoms with Gasteiger partial charge in [-0.3, -0.25) is 14.4 Å². The van der Waals surface area contributed by atoms with Crippen molar-refractivity contribution in [1.29, 1.82) is 0 Å². The molecule has 10 heteroatoms. The Bertz CT molecular complexity index is 1150. The standard InChI is InChI=1S/C21H16Cl3N5O2/c22-14-3-1-13(2-4-14)20-18(27-10-16(24)9-25-27)11-28-21(31)26(12-19(30)29(20)28)17-7-5-15(23)6-8-17/h1-10,18,20H,11-12H2.